The van der Waals surface area contributed by atoms with Gasteiger partial charge in [-0.3, -0.25) is 4.79 Å². The Morgan fingerprint density at radius 1 is 1.37 bits per heavy atom. The van der Waals surface area contributed by atoms with Gasteiger partial charge in [0.05, 0.1) is 0 Å². The topological polar surface area (TPSA) is 66.9 Å². The zero-order valence-electron chi connectivity index (χ0n) is 10.2. The maximum atomic E-state index is 12.7. The van der Waals surface area contributed by atoms with E-state index in [9.17, 15) is 18.0 Å². The summed E-state index contributed by atoms with van der Waals surface area (Å²) in [4.78, 5) is 11.4. The van der Waals surface area contributed by atoms with E-state index in [-0.39, 0.29) is 24.4 Å². The first-order valence-corrected chi connectivity index (χ1v) is 5.85. The van der Waals surface area contributed by atoms with Crippen molar-refractivity contribution in [1.29, 1.82) is 0 Å². The quantitative estimate of drug-likeness (QED) is 0.877. The normalized spacial score (nSPS) is 16.8. The number of nitrogens with one attached hydrogen (secondary N) is 2. The molecule has 2 rings (SSSR count). The van der Waals surface area contributed by atoms with Gasteiger partial charge in [-0.05, 0) is 31.9 Å². The number of hydrogen-bond acceptors (Lipinski definition) is 4. The standard InChI is InChI=1S/C11H13F3N4O/c1-2-15-9(19)7-3-4-8(18-17-7)16-10(5-6-10)11(12,13)14/h3-4H,2,5-6H2,1H3,(H,15,19)(H,16,18). The highest BCUT2D eigenvalue weighted by atomic mass is 19.4. The minimum absolute atomic E-state index is 0.0165. The summed E-state index contributed by atoms with van der Waals surface area (Å²) in [6.07, 6.45) is -4.26. The Hall–Kier alpha value is -1.86. The molecule has 0 unspecified atom stereocenters. The van der Waals surface area contributed by atoms with Gasteiger partial charge in [-0.1, -0.05) is 0 Å². The summed E-state index contributed by atoms with van der Waals surface area (Å²) in [5.74, 6) is -0.388. The molecule has 0 saturated heterocycles. The average Bonchev–Trinajstić information content (AvgIpc) is 3.10. The van der Waals surface area contributed by atoms with Crippen molar-refractivity contribution in [3.63, 3.8) is 0 Å². The van der Waals surface area contributed by atoms with E-state index in [2.05, 4.69) is 20.8 Å². The van der Waals surface area contributed by atoms with E-state index < -0.39 is 17.6 Å². The maximum Gasteiger partial charge on any atom is 0.411 e. The fraction of sp³-hybridized carbons (Fsp3) is 0.545. The molecule has 1 heterocycles. The van der Waals surface area contributed by atoms with Crippen LogP contribution in [0.25, 0.3) is 0 Å². The maximum absolute atomic E-state index is 12.7. The van der Waals surface area contributed by atoms with Crippen molar-refractivity contribution in [3.8, 4) is 0 Å². The molecule has 0 aromatic carbocycles. The first-order chi connectivity index (χ1) is 8.88. The van der Waals surface area contributed by atoms with Crippen LogP contribution in [-0.4, -0.2) is 34.4 Å². The van der Waals surface area contributed by atoms with E-state index in [0.29, 0.717) is 6.54 Å². The Labute approximate surface area is 107 Å². The highest BCUT2D eigenvalue weighted by molar-refractivity contribution is 5.92. The fourth-order valence-corrected chi connectivity index (χ4v) is 1.62. The number of aromatic nitrogens is 2. The Kier molecular flexibility index (Phi) is 3.34. The molecule has 1 saturated carbocycles. The minimum Gasteiger partial charge on any atom is -0.355 e. The molecule has 104 valence electrons. The third-order valence-corrected chi connectivity index (χ3v) is 2.89. The third-order valence-electron chi connectivity index (χ3n) is 2.89. The summed E-state index contributed by atoms with van der Waals surface area (Å²) >= 11 is 0. The van der Waals surface area contributed by atoms with Gasteiger partial charge < -0.3 is 10.6 Å². The second-order valence-corrected chi connectivity index (χ2v) is 4.37. The molecule has 19 heavy (non-hydrogen) atoms. The van der Waals surface area contributed by atoms with Gasteiger partial charge in [0.25, 0.3) is 5.91 Å². The van der Waals surface area contributed by atoms with Crippen LogP contribution in [0.5, 0.6) is 0 Å². The van der Waals surface area contributed by atoms with Crippen molar-refractivity contribution in [1.82, 2.24) is 15.5 Å². The molecule has 1 aliphatic rings. The van der Waals surface area contributed by atoms with E-state index >= 15 is 0 Å². The Morgan fingerprint density at radius 2 is 2.05 bits per heavy atom. The van der Waals surface area contributed by atoms with E-state index in [4.69, 9.17) is 0 Å². The van der Waals surface area contributed by atoms with Crippen LogP contribution >= 0.6 is 0 Å². The Bertz CT molecular complexity index is 468. The van der Waals surface area contributed by atoms with Crippen LogP contribution in [0.15, 0.2) is 12.1 Å². The largest absolute Gasteiger partial charge is 0.411 e. The molecule has 1 aromatic heterocycles. The van der Waals surface area contributed by atoms with Crippen molar-refractivity contribution in [2.45, 2.75) is 31.5 Å². The number of nitrogens with zero attached hydrogens (tertiary/aromatic N) is 2. The SMILES string of the molecule is CCNC(=O)c1ccc(NC2(C(F)(F)F)CC2)nn1. The highest BCUT2D eigenvalue weighted by Crippen LogP contribution is 2.50. The molecule has 1 aromatic rings. The molecule has 0 spiro atoms. The third kappa shape index (κ3) is 2.77. The average molecular weight is 274 g/mol. The number of rotatable bonds is 4. The van der Waals surface area contributed by atoms with Crippen molar-refractivity contribution >= 4 is 11.7 Å². The molecule has 5 nitrogen and oxygen atoms in total. The number of amides is 1. The van der Waals surface area contributed by atoms with Crippen molar-refractivity contribution < 1.29 is 18.0 Å². The van der Waals surface area contributed by atoms with Crippen LogP contribution in [0.2, 0.25) is 0 Å². The van der Waals surface area contributed by atoms with E-state index in [1.807, 2.05) is 0 Å². The zero-order valence-corrected chi connectivity index (χ0v) is 10.2. The van der Waals surface area contributed by atoms with Gasteiger partial charge in [-0.2, -0.15) is 13.2 Å². The number of halogens is 3. The highest BCUT2D eigenvalue weighted by Gasteiger charge is 2.63. The number of hydrogen-bond donors (Lipinski definition) is 2. The first-order valence-electron chi connectivity index (χ1n) is 5.85. The summed E-state index contributed by atoms with van der Waals surface area (Å²) in [5.41, 5.74) is -1.81. The number of carbonyl (C=O) groups is 1. The molecule has 0 aliphatic heterocycles. The van der Waals surface area contributed by atoms with Crippen molar-refractivity contribution in [2.75, 3.05) is 11.9 Å². The monoisotopic (exact) mass is 274 g/mol. The van der Waals surface area contributed by atoms with Crippen LogP contribution in [0.4, 0.5) is 19.0 Å². The van der Waals surface area contributed by atoms with E-state index in [1.54, 1.807) is 6.92 Å². The molecular formula is C11H13F3N4O. The predicted molar refractivity (Wildman–Crippen MR) is 61.7 cm³/mol. The van der Waals surface area contributed by atoms with Crippen LogP contribution in [0, 0.1) is 0 Å². The lowest BCUT2D eigenvalue weighted by atomic mass is 10.2. The molecular weight excluding hydrogens is 261 g/mol. The molecule has 1 aliphatic carbocycles. The smallest absolute Gasteiger partial charge is 0.355 e. The number of anilines is 1. The molecule has 0 atom stereocenters. The number of alkyl halides is 3. The first kappa shape index (κ1) is 13.6. The second kappa shape index (κ2) is 4.67. The van der Waals surface area contributed by atoms with Gasteiger partial charge in [0.15, 0.2) is 5.69 Å². The van der Waals surface area contributed by atoms with Crippen LogP contribution < -0.4 is 10.6 Å². The summed E-state index contributed by atoms with van der Waals surface area (Å²) in [7, 11) is 0. The van der Waals surface area contributed by atoms with Crippen LogP contribution in [-0.2, 0) is 0 Å². The van der Waals surface area contributed by atoms with Crippen LogP contribution in [0.3, 0.4) is 0 Å². The van der Waals surface area contributed by atoms with Crippen molar-refractivity contribution in [3.05, 3.63) is 17.8 Å². The minimum atomic E-state index is -4.31. The lowest BCUT2D eigenvalue weighted by molar-refractivity contribution is -0.151. The van der Waals surface area contributed by atoms with Gasteiger partial charge in [0.1, 0.15) is 11.4 Å². The molecule has 0 radical (unpaired) electrons. The summed E-state index contributed by atoms with van der Waals surface area (Å²) in [6, 6.07) is 2.66. The van der Waals surface area contributed by atoms with Gasteiger partial charge >= 0.3 is 6.18 Å². The summed E-state index contributed by atoms with van der Waals surface area (Å²) < 4.78 is 38.1. The summed E-state index contributed by atoms with van der Waals surface area (Å²) in [6.45, 7) is 2.19. The Balaban J connectivity index is 2.06. The number of carbonyl (C=O) groups excluding carboxylic acids is 1. The lowest BCUT2D eigenvalue weighted by Gasteiger charge is -2.20. The van der Waals surface area contributed by atoms with Crippen molar-refractivity contribution in [2.24, 2.45) is 0 Å². The van der Waals surface area contributed by atoms with Gasteiger partial charge in [-0.25, -0.2) is 0 Å². The summed E-state index contributed by atoms with van der Waals surface area (Å²) in [5, 5.41) is 12.1. The lowest BCUT2D eigenvalue weighted by Crippen LogP contribution is -2.39. The second-order valence-electron chi connectivity index (χ2n) is 4.37. The van der Waals surface area contributed by atoms with Gasteiger partial charge in [-0.15, -0.1) is 10.2 Å². The van der Waals surface area contributed by atoms with Gasteiger partial charge in [0, 0.05) is 6.54 Å². The van der Waals surface area contributed by atoms with E-state index in [0.717, 1.165) is 0 Å². The molecule has 2 N–H and O–H groups in total. The molecule has 0 bridgehead atoms. The molecule has 8 heteroatoms. The van der Waals surface area contributed by atoms with Crippen LogP contribution in [0.1, 0.15) is 30.3 Å². The molecule has 1 amide bonds. The van der Waals surface area contributed by atoms with E-state index in [1.165, 1.54) is 12.1 Å². The molecule has 1 fully saturated rings. The fourth-order valence-electron chi connectivity index (χ4n) is 1.62. The zero-order chi connectivity index (χ0) is 14.1. The predicted octanol–water partition coefficient (Wildman–Crippen LogP) is 1.73. The van der Waals surface area contributed by atoms with Gasteiger partial charge in [0.2, 0.25) is 0 Å². The Morgan fingerprint density at radius 3 is 2.47 bits per heavy atom.